The van der Waals surface area contributed by atoms with E-state index in [4.69, 9.17) is 32.8 Å². The SMILES string of the molecule is COC(=O)[C@@]1(Sc2nc3ccccc3o2)C[C@@H]2OC(=O)N[C@H]2[C@H]([C@H](OC(C)=O)[C@@H](COC(C)=O)OC(C)=O)O1. The number of nitrogens with zero attached hydrogens (tertiary/aromatic N) is 1. The summed E-state index contributed by atoms with van der Waals surface area (Å²) >= 11 is 0.777. The minimum atomic E-state index is -1.91. The van der Waals surface area contributed by atoms with Crippen molar-refractivity contribution in [1.82, 2.24) is 10.3 Å². The Morgan fingerprint density at radius 2 is 1.85 bits per heavy atom. The lowest BCUT2D eigenvalue weighted by Gasteiger charge is -2.45. The lowest BCUT2D eigenvalue weighted by molar-refractivity contribution is -0.214. The van der Waals surface area contributed by atoms with Crippen molar-refractivity contribution >= 4 is 52.8 Å². The number of carbonyl (C=O) groups excluding carboxylic acids is 5. The van der Waals surface area contributed by atoms with E-state index in [0.717, 1.165) is 39.6 Å². The number of hydrogen-bond acceptors (Lipinski definition) is 14. The van der Waals surface area contributed by atoms with Crippen molar-refractivity contribution in [2.75, 3.05) is 13.7 Å². The number of rotatable bonds is 9. The third kappa shape index (κ3) is 6.25. The zero-order valence-corrected chi connectivity index (χ0v) is 22.2. The van der Waals surface area contributed by atoms with E-state index in [1.165, 1.54) is 0 Å². The third-order valence-corrected chi connectivity index (χ3v) is 6.99. The quantitative estimate of drug-likeness (QED) is 0.341. The van der Waals surface area contributed by atoms with Crippen LogP contribution in [0.1, 0.15) is 27.2 Å². The maximum Gasteiger partial charge on any atom is 0.407 e. The summed E-state index contributed by atoms with van der Waals surface area (Å²) in [5.41, 5.74) is 0.974. The van der Waals surface area contributed by atoms with Gasteiger partial charge in [0.2, 0.25) is 4.93 Å². The number of benzene rings is 1. The Morgan fingerprint density at radius 3 is 2.49 bits per heavy atom. The molecule has 2 fully saturated rings. The van der Waals surface area contributed by atoms with Crippen molar-refractivity contribution in [3.63, 3.8) is 0 Å². The molecule has 0 saturated carbocycles. The maximum absolute atomic E-state index is 13.3. The van der Waals surface area contributed by atoms with E-state index in [9.17, 15) is 24.0 Å². The zero-order valence-electron chi connectivity index (χ0n) is 21.4. The van der Waals surface area contributed by atoms with Crippen molar-refractivity contribution < 1.29 is 56.8 Å². The summed E-state index contributed by atoms with van der Waals surface area (Å²) in [5.74, 6) is -3.13. The average molecular weight is 567 g/mol. The standard InChI is InChI=1S/C24H26N2O12S/c1-11(27)33-10-17(34-12(2)28)19(35-13(3)29)20-18-16(36-22(31)26-18)9-24(38-20,21(30)32-4)39-23-25-14-7-5-6-8-15(14)37-23/h5-8,16-20H,9-10H2,1-4H3,(H,26,31)/t16-,17+,18+,19+,20+,24-/m0/s1. The number of aromatic nitrogens is 1. The molecule has 14 nitrogen and oxygen atoms in total. The molecule has 0 spiro atoms. The zero-order chi connectivity index (χ0) is 28.3. The van der Waals surface area contributed by atoms with Gasteiger partial charge in [0, 0.05) is 27.2 Å². The fourth-order valence-corrected chi connectivity index (χ4v) is 5.53. The lowest BCUT2D eigenvalue weighted by atomic mass is 9.90. The minimum Gasteiger partial charge on any atom is -0.466 e. The van der Waals surface area contributed by atoms with Crippen LogP contribution in [0.25, 0.3) is 11.1 Å². The summed E-state index contributed by atoms with van der Waals surface area (Å²) in [6.07, 6.45) is -6.17. The van der Waals surface area contributed by atoms with Crippen LogP contribution < -0.4 is 5.32 Å². The molecular formula is C24H26N2O12S. The number of thioether (sulfide) groups is 1. The summed E-state index contributed by atoms with van der Waals surface area (Å²) in [6, 6.07) is 5.96. The van der Waals surface area contributed by atoms with Crippen LogP contribution in [0, 0.1) is 0 Å². The summed E-state index contributed by atoms with van der Waals surface area (Å²) < 4.78 is 38.4. The monoisotopic (exact) mass is 566 g/mol. The van der Waals surface area contributed by atoms with Crippen LogP contribution in [0.4, 0.5) is 4.79 Å². The molecule has 15 heteroatoms. The molecule has 0 bridgehead atoms. The van der Waals surface area contributed by atoms with Gasteiger partial charge in [-0.15, -0.1) is 0 Å². The van der Waals surface area contributed by atoms with Gasteiger partial charge in [-0.25, -0.2) is 14.6 Å². The molecular weight excluding hydrogens is 540 g/mol. The van der Waals surface area contributed by atoms with Gasteiger partial charge < -0.3 is 38.2 Å². The van der Waals surface area contributed by atoms with Crippen LogP contribution in [-0.2, 0) is 47.6 Å². The lowest BCUT2D eigenvalue weighted by Crippen LogP contribution is -2.64. The fraction of sp³-hybridized carbons (Fsp3) is 0.500. The second-order valence-electron chi connectivity index (χ2n) is 8.72. The molecule has 210 valence electrons. The molecule has 0 radical (unpaired) electrons. The number of methoxy groups -OCH3 is 1. The molecule has 1 aromatic heterocycles. The predicted octanol–water partition coefficient (Wildman–Crippen LogP) is 1.48. The first-order valence-electron chi connectivity index (χ1n) is 11.8. The van der Waals surface area contributed by atoms with Crippen molar-refractivity contribution in [1.29, 1.82) is 0 Å². The van der Waals surface area contributed by atoms with Crippen molar-refractivity contribution in [3.05, 3.63) is 24.3 Å². The molecule has 1 N–H and O–H groups in total. The number of nitrogens with one attached hydrogen (secondary N) is 1. The first-order valence-corrected chi connectivity index (χ1v) is 12.6. The van der Waals surface area contributed by atoms with Crippen molar-refractivity contribution in [2.45, 2.75) is 67.8 Å². The number of hydrogen-bond donors (Lipinski definition) is 1. The van der Waals surface area contributed by atoms with Crippen LogP contribution in [0.5, 0.6) is 0 Å². The first kappa shape index (κ1) is 28.2. The van der Waals surface area contributed by atoms with Crippen LogP contribution in [0.3, 0.4) is 0 Å². The largest absolute Gasteiger partial charge is 0.466 e. The van der Waals surface area contributed by atoms with E-state index < -0.39 is 72.0 Å². The maximum atomic E-state index is 13.3. The number of oxazole rings is 1. The number of carbonyl (C=O) groups is 5. The molecule has 0 unspecified atom stereocenters. The smallest absolute Gasteiger partial charge is 0.407 e. The van der Waals surface area contributed by atoms with Gasteiger partial charge in [0.25, 0.3) is 5.22 Å². The van der Waals surface area contributed by atoms with E-state index >= 15 is 0 Å². The molecule has 0 aliphatic carbocycles. The number of fused-ring (bicyclic) bond motifs is 2. The van der Waals surface area contributed by atoms with Crippen molar-refractivity contribution in [3.8, 4) is 0 Å². The van der Waals surface area contributed by atoms with Gasteiger partial charge in [-0.2, -0.15) is 0 Å². The summed E-state index contributed by atoms with van der Waals surface area (Å²) in [4.78, 5) is 63.6. The molecule has 39 heavy (non-hydrogen) atoms. The van der Waals surface area contributed by atoms with E-state index in [1.807, 2.05) is 0 Å². The number of esters is 4. The van der Waals surface area contributed by atoms with Crippen molar-refractivity contribution in [2.24, 2.45) is 0 Å². The van der Waals surface area contributed by atoms with Crippen LogP contribution in [0.2, 0.25) is 0 Å². The van der Waals surface area contributed by atoms with Crippen LogP contribution >= 0.6 is 11.8 Å². The second-order valence-corrected chi connectivity index (χ2v) is 9.93. The second kappa shape index (κ2) is 11.5. The van der Waals surface area contributed by atoms with Gasteiger partial charge in [-0.1, -0.05) is 12.1 Å². The van der Waals surface area contributed by atoms with E-state index in [0.29, 0.717) is 11.1 Å². The highest BCUT2D eigenvalue weighted by Gasteiger charge is 2.61. The minimum absolute atomic E-state index is 0.0524. The topological polar surface area (TPSA) is 179 Å². The van der Waals surface area contributed by atoms with Gasteiger partial charge in [-0.3, -0.25) is 14.4 Å². The number of ether oxygens (including phenoxy) is 6. The Kier molecular flexibility index (Phi) is 8.30. The molecule has 1 aromatic carbocycles. The first-order chi connectivity index (χ1) is 18.5. The Labute approximate surface area is 225 Å². The van der Waals surface area contributed by atoms with Gasteiger partial charge in [-0.05, 0) is 23.9 Å². The number of alkyl carbamates (subject to hydrolysis) is 1. The molecule has 1 amide bonds. The highest BCUT2D eigenvalue weighted by atomic mass is 32.2. The number of para-hydroxylation sites is 2. The van der Waals surface area contributed by atoms with E-state index in [2.05, 4.69) is 10.3 Å². The summed E-state index contributed by atoms with van der Waals surface area (Å²) in [6.45, 7) is 2.85. The van der Waals surface area contributed by atoms with Gasteiger partial charge in [0.15, 0.2) is 17.8 Å². The van der Waals surface area contributed by atoms with E-state index in [-0.39, 0.29) is 11.6 Å². The van der Waals surface area contributed by atoms with Crippen LogP contribution in [0.15, 0.2) is 33.9 Å². The molecule has 2 aliphatic rings. The Hall–Kier alpha value is -3.85. The number of amides is 1. The normalized spacial score (nSPS) is 25.4. The molecule has 2 aliphatic heterocycles. The molecule has 2 aromatic rings. The Morgan fingerprint density at radius 1 is 1.13 bits per heavy atom. The predicted molar refractivity (Wildman–Crippen MR) is 129 cm³/mol. The average Bonchev–Trinajstić information content (AvgIpc) is 3.45. The molecule has 6 atom stereocenters. The Balaban J connectivity index is 1.77. The highest BCUT2D eigenvalue weighted by molar-refractivity contribution is 8.01. The Bertz CT molecular complexity index is 1250. The molecule has 4 rings (SSSR count). The van der Waals surface area contributed by atoms with E-state index in [1.54, 1.807) is 24.3 Å². The fourth-order valence-electron chi connectivity index (χ4n) is 4.40. The molecule has 3 heterocycles. The van der Waals surface area contributed by atoms with Gasteiger partial charge in [0.1, 0.15) is 24.3 Å². The highest BCUT2D eigenvalue weighted by Crippen LogP contribution is 2.47. The molecule has 2 saturated heterocycles. The van der Waals surface area contributed by atoms with Gasteiger partial charge >= 0.3 is 30.0 Å². The third-order valence-electron chi connectivity index (χ3n) is 5.88. The van der Waals surface area contributed by atoms with Gasteiger partial charge in [0.05, 0.1) is 13.2 Å². The summed E-state index contributed by atoms with van der Waals surface area (Å²) in [5, 5.41) is 2.64. The van der Waals surface area contributed by atoms with Crippen LogP contribution in [-0.4, -0.2) is 84.1 Å². The summed E-state index contributed by atoms with van der Waals surface area (Å²) in [7, 11) is 1.14.